The normalized spacial score (nSPS) is 11.7. The summed E-state index contributed by atoms with van der Waals surface area (Å²) in [6.45, 7) is 3.16. The first-order chi connectivity index (χ1) is 19.1. The number of nitrogens with zero attached hydrogens (tertiary/aromatic N) is 3. The van der Waals surface area contributed by atoms with E-state index in [1.807, 2.05) is 79.7 Å². The molecule has 0 saturated heterocycles. The zero-order valence-corrected chi connectivity index (χ0v) is 21.9. The first-order valence-electron chi connectivity index (χ1n) is 13.2. The molecule has 4 aromatic carbocycles. The van der Waals surface area contributed by atoms with Crippen molar-refractivity contribution < 1.29 is 9.18 Å². The Balaban J connectivity index is 1.43. The second kappa shape index (κ2) is 12.3. The summed E-state index contributed by atoms with van der Waals surface area (Å²) >= 11 is 0. The molecule has 1 amide bonds. The fraction of sp³-hybridized carbons (Fsp3) is 0.182. The summed E-state index contributed by atoms with van der Waals surface area (Å²) in [6.07, 6.45) is 1.11. The van der Waals surface area contributed by atoms with Crippen LogP contribution in [0.15, 0.2) is 109 Å². The van der Waals surface area contributed by atoms with Gasteiger partial charge < -0.3 is 10.2 Å². The van der Waals surface area contributed by atoms with Gasteiger partial charge in [-0.25, -0.2) is 14.4 Å². The van der Waals surface area contributed by atoms with Crippen molar-refractivity contribution >= 4 is 22.6 Å². The van der Waals surface area contributed by atoms with E-state index in [1.54, 1.807) is 12.1 Å². The maximum atomic E-state index is 13.6. The second-order valence-corrected chi connectivity index (χ2v) is 9.57. The van der Waals surface area contributed by atoms with Crippen LogP contribution in [0.4, 0.5) is 10.2 Å². The van der Waals surface area contributed by atoms with E-state index >= 15 is 0 Å². The van der Waals surface area contributed by atoms with E-state index in [4.69, 9.17) is 9.97 Å². The molecule has 5 aromatic rings. The van der Waals surface area contributed by atoms with Crippen molar-refractivity contribution in [1.82, 2.24) is 15.3 Å². The highest BCUT2D eigenvalue weighted by atomic mass is 19.1. The number of halogens is 1. The predicted molar refractivity (Wildman–Crippen MR) is 155 cm³/mol. The molecule has 0 radical (unpaired) electrons. The summed E-state index contributed by atoms with van der Waals surface area (Å²) in [4.78, 5) is 24.9. The lowest BCUT2D eigenvalue weighted by atomic mass is 10.1. The summed E-state index contributed by atoms with van der Waals surface area (Å²) in [5.74, 6) is 0.962. The van der Waals surface area contributed by atoms with Gasteiger partial charge in [-0.3, -0.25) is 4.79 Å². The maximum absolute atomic E-state index is 13.6. The molecule has 0 aliphatic carbocycles. The average Bonchev–Trinajstić information content (AvgIpc) is 2.98. The summed E-state index contributed by atoms with van der Waals surface area (Å²) < 4.78 is 13.6. The number of aromatic nitrogens is 2. The topological polar surface area (TPSA) is 58.1 Å². The largest absolute Gasteiger partial charge is 0.355 e. The van der Waals surface area contributed by atoms with Crippen molar-refractivity contribution in [2.45, 2.75) is 25.8 Å². The van der Waals surface area contributed by atoms with E-state index in [0.717, 1.165) is 34.3 Å². The van der Waals surface area contributed by atoms with Crippen molar-refractivity contribution in [1.29, 1.82) is 0 Å². The molecule has 1 aromatic heterocycles. The Bertz CT molecular complexity index is 1520. The number of nitrogens with one attached hydrogen (secondary N) is 1. The van der Waals surface area contributed by atoms with Crippen LogP contribution in [-0.2, 0) is 11.2 Å². The molecule has 6 heteroatoms. The van der Waals surface area contributed by atoms with E-state index in [0.29, 0.717) is 25.3 Å². The number of carbonyl (C=O) groups excluding carboxylic acids is 1. The van der Waals surface area contributed by atoms with Crippen LogP contribution in [-0.4, -0.2) is 29.0 Å². The minimum atomic E-state index is -0.306. The third-order valence-electron chi connectivity index (χ3n) is 6.78. The number of amides is 1. The number of anilines is 1. The molecule has 1 N–H and O–H groups in total. The van der Waals surface area contributed by atoms with Gasteiger partial charge in [-0.05, 0) is 60.9 Å². The molecule has 1 atom stereocenters. The minimum Gasteiger partial charge on any atom is -0.355 e. The molecule has 0 spiro atoms. The first kappa shape index (κ1) is 26.0. The lowest BCUT2D eigenvalue weighted by Gasteiger charge is -2.26. The quantitative estimate of drug-likeness (QED) is 0.222. The van der Waals surface area contributed by atoms with Gasteiger partial charge in [-0.15, -0.1) is 0 Å². The van der Waals surface area contributed by atoms with Crippen LogP contribution in [0.2, 0.25) is 0 Å². The number of hydrogen-bond acceptors (Lipinski definition) is 4. The third kappa shape index (κ3) is 6.65. The van der Waals surface area contributed by atoms with Crippen LogP contribution in [0.3, 0.4) is 0 Å². The summed E-state index contributed by atoms with van der Waals surface area (Å²) in [6, 6.07) is 34.2. The molecule has 196 valence electrons. The van der Waals surface area contributed by atoms with Crippen LogP contribution in [0.5, 0.6) is 0 Å². The van der Waals surface area contributed by atoms with Gasteiger partial charge in [-0.1, -0.05) is 72.8 Å². The number of fused-ring (bicyclic) bond motifs is 1. The molecular weight excluding hydrogens is 487 g/mol. The molecular formula is C33H31FN4O. The molecule has 0 bridgehead atoms. The van der Waals surface area contributed by atoms with Crippen molar-refractivity contribution in [2.75, 3.05) is 18.0 Å². The van der Waals surface area contributed by atoms with E-state index < -0.39 is 0 Å². The Kier molecular flexibility index (Phi) is 8.22. The van der Waals surface area contributed by atoms with Crippen LogP contribution in [0, 0.1) is 5.82 Å². The lowest BCUT2D eigenvalue weighted by Crippen LogP contribution is -2.34. The Morgan fingerprint density at radius 3 is 2.23 bits per heavy atom. The molecule has 5 rings (SSSR count). The van der Waals surface area contributed by atoms with Crippen LogP contribution in [0.1, 0.15) is 30.5 Å². The standard InChI is InChI=1S/C33H31FN4O/c1-24(26-12-6-3-7-13-26)35-31(39)21-23-38(22-20-25-10-4-2-5-11-25)33-29-14-8-9-15-30(29)36-32(37-33)27-16-18-28(34)19-17-27/h2-19,24H,20-23H2,1H3,(H,35,39). The first-order valence-corrected chi connectivity index (χ1v) is 13.2. The second-order valence-electron chi connectivity index (χ2n) is 9.57. The zero-order valence-electron chi connectivity index (χ0n) is 21.9. The average molecular weight is 519 g/mol. The molecule has 1 heterocycles. The van der Waals surface area contributed by atoms with E-state index in [1.165, 1.54) is 17.7 Å². The molecule has 0 aliphatic rings. The van der Waals surface area contributed by atoms with Crippen LogP contribution in [0.25, 0.3) is 22.3 Å². The molecule has 0 saturated carbocycles. The third-order valence-corrected chi connectivity index (χ3v) is 6.78. The predicted octanol–water partition coefficient (Wildman–Crippen LogP) is 6.75. The monoisotopic (exact) mass is 518 g/mol. The minimum absolute atomic E-state index is 0.0202. The number of para-hydroxylation sites is 1. The van der Waals surface area contributed by atoms with Gasteiger partial charge >= 0.3 is 0 Å². The number of rotatable bonds is 10. The van der Waals surface area contributed by atoms with Crippen molar-refractivity contribution in [2.24, 2.45) is 0 Å². The fourth-order valence-electron chi connectivity index (χ4n) is 4.64. The van der Waals surface area contributed by atoms with Gasteiger partial charge in [0.2, 0.25) is 5.91 Å². The number of carbonyl (C=O) groups is 1. The SMILES string of the molecule is CC(NC(=O)CCN(CCc1ccccc1)c1nc(-c2ccc(F)cc2)nc2ccccc12)c1ccccc1. The van der Waals surface area contributed by atoms with Crippen LogP contribution >= 0.6 is 0 Å². The summed E-state index contributed by atoms with van der Waals surface area (Å²) in [7, 11) is 0. The van der Waals surface area contributed by atoms with Gasteiger partial charge in [-0.2, -0.15) is 0 Å². The summed E-state index contributed by atoms with van der Waals surface area (Å²) in [5, 5.41) is 4.03. The fourth-order valence-corrected chi connectivity index (χ4v) is 4.64. The Morgan fingerprint density at radius 2 is 1.49 bits per heavy atom. The van der Waals surface area contributed by atoms with E-state index in [-0.39, 0.29) is 17.8 Å². The highest BCUT2D eigenvalue weighted by molar-refractivity contribution is 5.91. The zero-order chi connectivity index (χ0) is 27.0. The van der Waals surface area contributed by atoms with Crippen molar-refractivity contribution in [3.63, 3.8) is 0 Å². The Hall–Kier alpha value is -4.58. The van der Waals surface area contributed by atoms with Gasteiger partial charge in [0.15, 0.2) is 5.82 Å². The van der Waals surface area contributed by atoms with Gasteiger partial charge in [0.25, 0.3) is 0 Å². The highest BCUT2D eigenvalue weighted by Crippen LogP contribution is 2.28. The van der Waals surface area contributed by atoms with Gasteiger partial charge in [0, 0.05) is 30.5 Å². The number of benzene rings is 4. The van der Waals surface area contributed by atoms with E-state index in [9.17, 15) is 9.18 Å². The Labute approximate surface area is 228 Å². The highest BCUT2D eigenvalue weighted by Gasteiger charge is 2.18. The maximum Gasteiger partial charge on any atom is 0.222 e. The lowest BCUT2D eigenvalue weighted by molar-refractivity contribution is -0.121. The smallest absolute Gasteiger partial charge is 0.222 e. The summed E-state index contributed by atoms with van der Waals surface area (Å²) in [5.41, 5.74) is 3.81. The number of hydrogen-bond donors (Lipinski definition) is 1. The Morgan fingerprint density at radius 1 is 0.821 bits per heavy atom. The molecule has 39 heavy (non-hydrogen) atoms. The van der Waals surface area contributed by atoms with Crippen LogP contribution < -0.4 is 10.2 Å². The molecule has 0 aliphatic heterocycles. The molecule has 5 nitrogen and oxygen atoms in total. The van der Waals surface area contributed by atoms with E-state index in [2.05, 4.69) is 22.3 Å². The van der Waals surface area contributed by atoms with Crippen molar-refractivity contribution in [3.8, 4) is 11.4 Å². The molecule has 0 fully saturated rings. The molecule has 1 unspecified atom stereocenters. The van der Waals surface area contributed by atoms with Crippen molar-refractivity contribution in [3.05, 3.63) is 126 Å². The van der Waals surface area contributed by atoms with Gasteiger partial charge in [0.1, 0.15) is 11.6 Å². The van der Waals surface area contributed by atoms with Gasteiger partial charge in [0.05, 0.1) is 11.6 Å².